The lowest BCUT2D eigenvalue weighted by Crippen LogP contribution is -2.34. The number of aryl methyl sites for hydroxylation is 2. The molecular formula is C15H26N2O2S. The van der Waals surface area contributed by atoms with E-state index in [1.165, 1.54) is 0 Å². The monoisotopic (exact) mass is 298 g/mol. The first-order valence-corrected chi connectivity index (χ1v) is 8.47. The highest BCUT2D eigenvalue weighted by Crippen LogP contribution is 2.24. The molecule has 1 unspecified atom stereocenters. The number of hydrogen-bond acceptors (Lipinski definition) is 3. The van der Waals surface area contributed by atoms with Crippen LogP contribution in [0.2, 0.25) is 0 Å². The fourth-order valence-electron chi connectivity index (χ4n) is 2.60. The first-order valence-electron chi connectivity index (χ1n) is 6.98. The summed E-state index contributed by atoms with van der Waals surface area (Å²) in [7, 11) is -1.64. The molecule has 4 nitrogen and oxygen atoms in total. The summed E-state index contributed by atoms with van der Waals surface area (Å²) in [5.74, 6) is 0.460. The molecule has 0 bridgehead atoms. The summed E-state index contributed by atoms with van der Waals surface area (Å²) in [6.07, 6.45) is 0.825. The van der Waals surface area contributed by atoms with Crippen molar-refractivity contribution in [3.8, 4) is 0 Å². The third-order valence-corrected chi connectivity index (χ3v) is 5.09. The number of nitrogens with one attached hydrogen (secondary N) is 2. The van der Waals surface area contributed by atoms with Crippen LogP contribution in [0.15, 0.2) is 17.0 Å². The van der Waals surface area contributed by atoms with Crippen LogP contribution in [0, 0.1) is 19.8 Å². The highest BCUT2D eigenvalue weighted by molar-refractivity contribution is 7.89. The Morgan fingerprint density at radius 3 is 2.00 bits per heavy atom. The Morgan fingerprint density at radius 1 is 1.10 bits per heavy atom. The summed E-state index contributed by atoms with van der Waals surface area (Å²) in [5.41, 5.74) is 2.45. The molecule has 1 atom stereocenters. The molecule has 0 aromatic heterocycles. The molecule has 0 aliphatic heterocycles. The molecule has 0 saturated carbocycles. The van der Waals surface area contributed by atoms with Gasteiger partial charge in [0, 0.05) is 18.8 Å². The summed E-state index contributed by atoms with van der Waals surface area (Å²) < 4.78 is 27.8. The van der Waals surface area contributed by atoms with E-state index in [9.17, 15) is 8.42 Å². The van der Waals surface area contributed by atoms with Crippen molar-refractivity contribution in [1.29, 1.82) is 0 Å². The van der Waals surface area contributed by atoms with Crippen molar-refractivity contribution >= 4 is 15.7 Å². The molecule has 20 heavy (non-hydrogen) atoms. The summed E-state index contributed by atoms with van der Waals surface area (Å²) >= 11 is 0. The van der Waals surface area contributed by atoms with E-state index in [0.29, 0.717) is 10.8 Å². The van der Waals surface area contributed by atoms with Gasteiger partial charge < -0.3 is 5.32 Å². The molecular weight excluding hydrogens is 272 g/mol. The van der Waals surface area contributed by atoms with Crippen LogP contribution >= 0.6 is 0 Å². The normalized spacial score (nSPS) is 13.6. The predicted octanol–water partition coefficient (Wildman–Crippen LogP) is 3.06. The maximum absolute atomic E-state index is 12.5. The zero-order valence-electron chi connectivity index (χ0n) is 13.2. The summed E-state index contributed by atoms with van der Waals surface area (Å²) in [4.78, 5) is 0.395. The highest BCUT2D eigenvalue weighted by atomic mass is 32.2. The lowest BCUT2D eigenvalue weighted by Gasteiger charge is -2.19. The highest BCUT2D eigenvalue weighted by Gasteiger charge is 2.22. The lowest BCUT2D eigenvalue weighted by atomic mass is 10.1. The SMILES string of the molecule is CNc1cc(C)c(S(=O)(=O)NC(C)CC(C)C)c(C)c1. The van der Waals surface area contributed by atoms with Crippen molar-refractivity contribution in [3.63, 3.8) is 0 Å². The van der Waals surface area contributed by atoms with Crippen LogP contribution in [0.25, 0.3) is 0 Å². The second-order valence-corrected chi connectivity index (χ2v) is 7.49. The van der Waals surface area contributed by atoms with Gasteiger partial charge in [-0.25, -0.2) is 13.1 Å². The van der Waals surface area contributed by atoms with Crippen molar-refractivity contribution in [2.24, 2.45) is 5.92 Å². The first-order chi connectivity index (χ1) is 9.17. The molecule has 114 valence electrons. The molecule has 1 aromatic rings. The molecule has 0 fully saturated rings. The maximum Gasteiger partial charge on any atom is 0.241 e. The van der Waals surface area contributed by atoms with Crippen LogP contribution in [0.4, 0.5) is 5.69 Å². The fourth-order valence-corrected chi connectivity index (χ4v) is 4.31. The minimum Gasteiger partial charge on any atom is -0.388 e. The van der Waals surface area contributed by atoms with Gasteiger partial charge >= 0.3 is 0 Å². The van der Waals surface area contributed by atoms with E-state index in [4.69, 9.17) is 0 Å². The molecule has 0 radical (unpaired) electrons. The predicted molar refractivity (Wildman–Crippen MR) is 84.7 cm³/mol. The average molecular weight is 298 g/mol. The van der Waals surface area contributed by atoms with Gasteiger partial charge in [0.2, 0.25) is 10.0 Å². The van der Waals surface area contributed by atoms with Crippen molar-refractivity contribution in [2.75, 3.05) is 12.4 Å². The van der Waals surface area contributed by atoms with Gasteiger partial charge in [-0.15, -0.1) is 0 Å². The van der Waals surface area contributed by atoms with Gasteiger partial charge in [0.05, 0.1) is 4.90 Å². The van der Waals surface area contributed by atoms with E-state index < -0.39 is 10.0 Å². The van der Waals surface area contributed by atoms with E-state index >= 15 is 0 Å². The van der Waals surface area contributed by atoms with Crippen LogP contribution in [-0.4, -0.2) is 21.5 Å². The largest absolute Gasteiger partial charge is 0.388 e. The van der Waals surface area contributed by atoms with Gasteiger partial charge in [-0.05, 0) is 56.4 Å². The molecule has 0 saturated heterocycles. The molecule has 0 heterocycles. The quantitative estimate of drug-likeness (QED) is 0.848. The zero-order valence-corrected chi connectivity index (χ0v) is 14.1. The summed E-state index contributed by atoms with van der Waals surface area (Å²) in [6, 6.07) is 3.64. The molecule has 0 aliphatic carbocycles. The number of sulfonamides is 1. The second kappa shape index (κ2) is 6.59. The van der Waals surface area contributed by atoms with E-state index in [1.807, 2.05) is 40.0 Å². The molecule has 0 amide bonds. The Hall–Kier alpha value is -1.07. The topological polar surface area (TPSA) is 58.2 Å². The molecule has 5 heteroatoms. The van der Waals surface area contributed by atoms with Crippen molar-refractivity contribution in [1.82, 2.24) is 4.72 Å². The maximum atomic E-state index is 12.5. The molecule has 2 N–H and O–H groups in total. The van der Waals surface area contributed by atoms with E-state index in [0.717, 1.165) is 23.2 Å². The lowest BCUT2D eigenvalue weighted by molar-refractivity contribution is 0.482. The Morgan fingerprint density at radius 2 is 1.60 bits per heavy atom. The van der Waals surface area contributed by atoms with E-state index in [1.54, 1.807) is 0 Å². The van der Waals surface area contributed by atoms with Crippen LogP contribution in [0.5, 0.6) is 0 Å². The third kappa shape index (κ3) is 4.21. The van der Waals surface area contributed by atoms with Gasteiger partial charge in [0.25, 0.3) is 0 Å². The fraction of sp³-hybridized carbons (Fsp3) is 0.600. The van der Waals surface area contributed by atoms with Crippen molar-refractivity contribution in [3.05, 3.63) is 23.3 Å². The number of hydrogen-bond donors (Lipinski definition) is 2. The Kier molecular flexibility index (Phi) is 5.59. The molecule has 1 aromatic carbocycles. The van der Waals surface area contributed by atoms with Crippen molar-refractivity contribution < 1.29 is 8.42 Å². The van der Waals surface area contributed by atoms with E-state index in [2.05, 4.69) is 23.9 Å². The molecule has 0 spiro atoms. The standard InChI is InChI=1S/C15H26N2O2S/c1-10(2)7-13(5)17-20(18,19)15-11(3)8-14(16-6)9-12(15)4/h8-10,13,16-17H,7H2,1-6H3. The van der Waals surface area contributed by atoms with Crippen molar-refractivity contribution in [2.45, 2.75) is 52.0 Å². The van der Waals surface area contributed by atoms with E-state index in [-0.39, 0.29) is 6.04 Å². The first kappa shape index (κ1) is 17.0. The minimum atomic E-state index is -3.47. The Bertz CT molecular complexity index is 542. The number of benzene rings is 1. The zero-order chi connectivity index (χ0) is 15.5. The smallest absolute Gasteiger partial charge is 0.241 e. The third-order valence-electron chi connectivity index (χ3n) is 3.20. The van der Waals surface area contributed by atoms with Crippen LogP contribution < -0.4 is 10.0 Å². The van der Waals surface area contributed by atoms with Crippen LogP contribution in [-0.2, 0) is 10.0 Å². The van der Waals surface area contributed by atoms with Gasteiger partial charge in [-0.3, -0.25) is 0 Å². The summed E-state index contributed by atoms with van der Waals surface area (Å²) in [6.45, 7) is 9.74. The Labute approximate surface area is 123 Å². The minimum absolute atomic E-state index is 0.0669. The molecule has 0 aliphatic rings. The summed E-state index contributed by atoms with van der Waals surface area (Å²) in [5, 5.41) is 3.04. The second-order valence-electron chi connectivity index (χ2n) is 5.84. The number of rotatable bonds is 6. The van der Waals surface area contributed by atoms with Crippen LogP contribution in [0.3, 0.4) is 0 Å². The van der Waals surface area contributed by atoms with Crippen LogP contribution in [0.1, 0.15) is 38.3 Å². The molecule has 1 rings (SSSR count). The van der Waals surface area contributed by atoms with Gasteiger partial charge in [0.1, 0.15) is 0 Å². The number of anilines is 1. The Balaban J connectivity index is 3.10. The van der Waals surface area contributed by atoms with Gasteiger partial charge in [-0.2, -0.15) is 0 Å². The van der Waals surface area contributed by atoms with Gasteiger partial charge in [-0.1, -0.05) is 13.8 Å². The average Bonchev–Trinajstić information content (AvgIpc) is 2.24. The van der Waals surface area contributed by atoms with Gasteiger partial charge in [0.15, 0.2) is 0 Å².